The predicted molar refractivity (Wildman–Crippen MR) is 186 cm³/mol. The van der Waals surface area contributed by atoms with Crippen LogP contribution in [0.2, 0.25) is 5.02 Å². The molecule has 0 amide bonds. The molecule has 3 aliphatic rings. The molecule has 4 N–H and O–H groups in total. The third kappa shape index (κ3) is 7.06. The Kier molecular flexibility index (Phi) is 9.90. The lowest BCUT2D eigenvalue weighted by molar-refractivity contribution is 0.0570. The third-order valence-electron chi connectivity index (χ3n) is 9.82. The summed E-state index contributed by atoms with van der Waals surface area (Å²) in [5.74, 6) is 0.476. The topological polar surface area (TPSA) is 101 Å². The fourth-order valence-corrected chi connectivity index (χ4v) is 7.36. The molecule has 10 heteroatoms. The zero-order valence-electron chi connectivity index (χ0n) is 27.4. The summed E-state index contributed by atoms with van der Waals surface area (Å²) >= 11 is 6.92. The summed E-state index contributed by atoms with van der Waals surface area (Å²) in [5.41, 5.74) is 12.1. The molecule has 2 atom stereocenters. The summed E-state index contributed by atoms with van der Waals surface area (Å²) < 4.78 is 5.63. The van der Waals surface area contributed by atoms with Crippen LogP contribution >= 0.6 is 11.6 Å². The number of hydrogen-bond acceptors (Lipinski definition) is 9. The van der Waals surface area contributed by atoms with Crippen LogP contribution < -0.4 is 21.6 Å². The van der Waals surface area contributed by atoms with Crippen LogP contribution in [0.15, 0.2) is 60.6 Å². The number of ether oxygens (including phenoxy) is 1. The number of hydrogen-bond donors (Lipinski definition) is 4. The number of nitrogens with zero attached hydrogens (tertiary/aromatic N) is 4. The highest BCUT2D eigenvalue weighted by molar-refractivity contribution is 6.35. The van der Waals surface area contributed by atoms with Crippen LogP contribution in [0.25, 0.3) is 10.9 Å². The molecule has 9 nitrogen and oxygen atoms in total. The number of piperidine rings is 1. The highest BCUT2D eigenvalue weighted by Gasteiger charge is 2.32. The molecule has 2 saturated heterocycles. The Hall–Kier alpha value is -3.55. The van der Waals surface area contributed by atoms with E-state index in [4.69, 9.17) is 16.3 Å². The minimum absolute atomic E-state index is 0.170. The molecule has 0 aliphatic carbocycles. The monoisotopic (exact) mass is 642 g/mol. The van der Waals surface area contributed by atoms with Crippen molar-refractivity contribution in [2.24, 2.45) is 5.92 Å². The largest absolute Gasteiger partial charge is 0.381 e. The molecule has 0 radical (unpaired) electrons. The molecule has 6 rings (SSSR count). The van der Waals surface area contributed by atoms with Crippen LogP contribution in [0.1, 0.15) is 77.0 Å². The molecule has 2 aromatic carbocycles. The van der Waals surface area contributed by atoms with Crippen LogP contribution in [-0.4, -0.2) is 58.8 Å². The van der Waals surface area contributed by atoms with E-state index in [1.54, 1.807) is 6.20 Å². The van der Waals surface area contributed by atoms with Gasteiger partial charge in [0, 0.05) is 67.4 Å². The second-order valence-corrected chi connectivity index (χ2v) is 14.1. The number of benzene rings is 2. The molecular formula is C36H47ClN8O. The molecule has 0 bridgehead atoms. The van der Waals surface area contributed by atoms with E-state index < -0.39 is 0 Å². The van der Waals surface area contributed by atoms with Gasteiger partial charge in [0.05, 0.1) is 33.5 Å². The van der Waals surface area contributed by atoms with Crippen molar-refractivity contribution in [2.75, 3.05) is 36.9 Å². The van der Waals surface area contributed by atoms with Crippen molar-refractivity contribution in [3.63, 3.8) is 0 Å². The molecule has 46 heavy (non-hydrogen) atoms. The van der Waals surface area contributed by atoms with Crippen molar-refractivity contribution in [3.05, 3.63) is 76.7 Å². The van der Waals surface area contributed by atoms with Gasteiger partial charge >= 0.3 is 0 Å². The van der Waals surface area contributed by atoms with Crippen LogP contribution in [0.4, 0.5) is 11.4 Å². The van der Waals surface area contributed by atoms with Crippen molar-refractivity contribution in [3.8, 4) is 6.07 Å². The van der Waals surface area contributed by atoms with Crippen LogP contribution in [0, 0.1) is 17.2 Å². The van der Waals surface area contributed by atoms with E-state index >= 15 is 0 Å². The zero-order valence-corrected chi connectivity index (χ0v) is 28.2. The summed E-state index contributed by atoms with van der Waals surface area (Å²) in [6.07, 6.45) is 8.97. The normalized spacial score (nSPS) is 19.7. The molecule has 3 aromatic rings. The molecule has 4 heterocycles. The summed E-state index contributed by atoms with van der Waals surface area (Å²) in [7, 11) is 0. The third-order valence-corrected chi connectivity index (χ3v) is 10.1. The van der Waals surface area contributed by atoms with Gasteiger partial charge in [-0.3, -0.25) is 14.9 Å². The zero-order chi connectivity index (χ0) is 32.3. The molecule has 244 valence electrons. The van der Waals surface area contributed by atoms with Crippen molar-refractivity contribution >= 4 is 33.9 Å². The van der Waals surface area contributed by atoms with Crippen molar-refractivity contribution < 1.29 is 4.74 Å². The average Bonchev–Trinajstić information content (AvgIpc) is 3.56. The SMILES string of the molecule is CCC(Nc1c(C#N)cnc2c(Cl)cc(N[C@H](C3=CN(C4CCN(C(C)(C)C)CC4)NN3)c3ccccc3)cc12)C1CCOCC1. The molecule has 0 spiro atoms. The maximum absolute atomic E-state index is 10.1. The molecular weight excluding hydrogens is 596 g/mol. The maximum Gasteiger partial charge on any atom is 0.103 e. The van der Waals surface area contributed by atoms with Crippen molar-refractivity contribution in [2.45, 2.75) is 83.5 Å². The molecule has 3 aliphatic heterocycles. The van der Waals surface area contributed by atoms with E-state index in [0.29, 0.717) is 28.1 Å². The van der Waals surface area contributed by atoms with Crippen LogP contribution in [0.3, 0.4) is 0 Å². The number of hydrazine groups is 2. The molecule has 1 aromatic heterocycles. The summed E-state index contributed by atoms with van der Waals surface area (Å²) in [4.78, 5) is 7.18. The fraction of sp³-hybridized carbons (Fsp3) is 0.500. The minimum atomic E-state index is -0.170. The van der Waals surface area contributed by atoms with E-state index in [1.807, 2.05) is 12.1 Å². The van der Waals surface area contributed by atoms with Gasteiger partial charge in [0.1, 0.15) is 6.07 Å². The van der Waals surface area contributed by atoms with Gasteiger partial charge in [0.2, 0.25) is 0 Å². The van der Waals surface area contributed by atoms with Crippen molar-refractivity contribution in [1.82, 2.24) is 25.9 Å². The lowest BCUT2D eigenvalue weighted by Crippen LogP contribution is -2.52. The van der Waals surface area contributed by atoms with E-state index in [9.17, 15) is 5.26 Å². The fourth-order valence-electron chi connectivity index (χ4n) is 7.09. The lowest BCUT2D eigenvalue weighted by atomic mass is 9.89. The smallest absolute Gasteiger partial charge is 0.103 e. The average molecular weight is 643 g/mol. The molecule has 2 fully saturated rings. The molecule has 0 saturated carbocycles. The first-order valence-corrected chi connectivity index (χ1v) is 17.1. The Morgan fingerprint density at radius 2 is 1.83 bits per heavy atom. The Morgan fingerprint density at radius 3 is 2.50 bits per heavy atom. The number of halogens is 1. The number of nitrogens with one attached hydrogen (secondary N) is 4. The van der Waals surface area contributed by atoms with E-state index in [0.717, 1.165) is 86.4 Å². The maximum atomic E-state index is 10.1. The van der Waals surface area contributed by atoms with E-state index in [2.05, 4.69) is 107 Å². The highest BCUT2D eigenvalue weighted by atomic mass is 35.5. The number of anilines is 2. The van der Waals surface area contributed by atoms with E-state index in [-0.39, 0.29) is 17.6 Å². The summed E-state index contributed by atoms with van der Waals surface area (Å²) in [6, 6.07) is 17.3. The Bertz CT molecular complexity index is 1570. The van der Waals surface area contributed by atoms with Gasteiger partial charge in [-0.15, -0.1) is 5.53 Å². The number of pyridine rings is 1. The molecule has 1 unspecified atom stereocenters. The standard InChI is InChI=1S/C36H47ClN8O/c1-5-31(24-13-17-46-18-14-24)41-33-26(21-38)22-39-35-29(33)19-27(20-30(35)37)40-34(25-9-7-6-8-10-25)32-23-45(43-42-32)28-11-15-44(16-12-28)36(2,3)4/h6-10,19-20,22-24,28,31,34,40,42-43H,5,11-18H2,1-4H3,(H,39,41)/t31?,34-/m0/s1. The van der Waals surface area contributed by atoms with Crippen molar-refractivity contribution in [1.29, 1.82) is 5.26 Å². The van der Waals surface area contributed by atoms with Gasteiger partial charge in [-0.1, -0.05) is 48.9 Å². The number of rotatable bonds is 9. The summed E-state index contributed by atoms with van der Waals surface area (Å²) in [6.45, 7) is 12.8. The summed E-state index contributed by atoms with van der Waals surface area (Å²) in [5, 5.41) is 21.2. The Morgan fingerprint density at radius 1 is 1.09 bits per heavy atom. The first kappa shape index (κ1) is 32.4. The minimum Gasteiger partial charge on any atom is -0.381 e. The number of fused-ring (bicyclic) bond motifs is 1. The van der Waals surface area contributed by atoms with Gasteiger partial charge in [-0.2, -0.15) is 5.26 Å². The van der Waals surface area contributed by atoms with Crippen LogP contribution in [0.5, 0.6) is 0 Å². The Balaban J connectivity index is 1.30. The number of likely N-dealkylation sites (tertiary alicyclic amines) is 1. The van der Waals surface area contributed by atoms with Crippen LogP contribution in [-0.2, 0) is 4.74 Å². The van der Waals surface area contributed by atoms with Gasteiger partial charge in [0.25, 0.3) is 0 Å². The second kappa shape index (κ2) is 14.1. The predicted octanol–water partition coefficient (Wildman–Crippen LogP) is 6.96. The number of nitriles is 1. The lowest BCUT2D eigenvalue weighted by Gasteiger charge is -2.42. The number of aromatic nitrogens is 1. The van der Waals surface area contributed by atoms with Gasteiger partial charge in [0.15, 0.2) is 0 Å². The first-order chi connectivity index (χ1) is 22.2. The van der Waals surface area contributed by atoms with Gasteiger partial charge in [-0.05, 0) is 76.5 Å². The van der Waals surface area contributed by atoms with Gasteiger partial charge in [-0.25, -0.2) is 0 Å². The second-order valence-electron chi connectivity index (χ2n) is 13.7. The van der Waals surface area contributed by atoms with Gasteiger partial charge < -0.3 is 20.8 Å². The van der Waals surface area contributed by atoms with E-state index in [1.165, 1.54) is 0 Å². The highest BCUT2D eigenvalue weighted by Crippen LogP contribution is 2.37. The quantitative estimate of drug-likeness (QED) is 0.197. The first-order valence-electron chi connectivity index (χ1n) is 16.7. The Labute approximate surface area is 278 Å².